The lowest BCUT2D eigenvalue weighted by Crippen LogP contribution is -2.32. The molecule has 0 radical (unpaired) electrons. The Morgan fingerprint density at radius 2 is 1.86 bits per heavy atom. The predicted molar refractivity (Wildman–Crippen MR) is 86.5 cm³/mol. The first-order chi connectivity index (χ1) is 10.2. The second-order valence-corrected chi connectivity index (χ2v) is 6.74. The minimum Gasteiger partial charge on any atom is -0.392 e. The maximum Gasteiger partial charge on any atom is 0.0960 e. The second-order valence-electron chi connectivity index (χ2n) is 5.85. The van der Waals surface area contributed by atoms with E-state index in [0.717, 1.165) is 30.9 Å². The molecule has 1 aliphatic rings. The van der Waals surface area contributed by atoms with Crippen molar-refractivity contribution in [3.63, 3.8) is 0 Å². The number of likely N-dealkylation sites (tertiary alicyclic amines) is 1. The Hall–Kier alpha value is -1.23. The largest absolute Gasteiger partial charge is 0.392 e. The zero-order chi connectivity index (χ0) is 14.7. The van der Waals surface area contributed by atoms with Gasteiger partial charge in [0.05, 0.1) is 11.6 Å². The zero-order valence-electron chi connectivity index (χ0n) is 12.5. The van der Waals surface area contributed by atoms with Gasteiger partial charge in [-0.3, -0.25) is 4.90 Å². The zero-order valence-corrected chi connectivity index (χ0v) is 13.3. The molecule has 1 aliphatic heterocycles. The van der Waals surface area contributed by atoms with Crippen LogP contribution >= 0.6 is 11.3 Å². The van der Waals surface area contributed by atoms with E-state index in [2.05, 4.69) is 34.3 Å². The SMILES string of the molecule is Cc1csc(C2CCN(Cc3ccc(CO)cc3)CC2)n1. The smallest absolute Gasteiger partial charge is 0.0960 e. The Bertz CT molecular complexity index is 571. The number of rotatable bonds is 4. The number of aryl methyl sites for hydroxylation is 1. The van der Waals surface area contributed by atoms with Gasteiger partial charge in [0.15, 0.2) is 0 Å². The Morgan fingerprint density at radius 1 is 1.19 bits per heavy atom. The van der Waals surface area contributed by atoms with Gasteiger partial charge in [0.25, 0.3) is 0 Å². The van der Waals surface area contributed by atoms with Crippen molar-refractivity contribution >= 4 is 11.3 Å². The monoisotopic (exact) mass is 302 g/mol. The highest BCUT2D eigenvalue weighted by atomic mass is 32.1. The summed E-state index contributed by atoms with van der Waals surface area (Å²) in [5, 5.41) is 12.5. The summed E-state index contributed by atoms with van der Waals surface area (Å²) in [5.41, 5.74) is 3.47. The summed E-state index contributed by atoms with van der Waals surface area (Å²) in [4.78, 5) is 7.16. The number of hydrogen-bond donors (Lipinski definition) is 1. The van der Waals surface area contributed by atoms with Gasteiger partial charge in [-0.2, -0.15) is 0 Å². The van der Waals surface area contributed by atoms with Gasteiger partial charge < -0.3 is 5.11 Å². The van der Waals surface area contributed by atoms with E-state index in [-0.39, 0.29) is 6.61 Å². The van der Waals surface area contributed by atoms with Crippen molar-refractivity contribution in [1.29, 1.82) is 0 Å². The molecule has 1 aromatic carbocycles. The summed E-state index contributed by atoms with van der Waals surface area (Å²) in [6.45, 7) is 5.50. The van der Waals surface area contributed by atoms with Crippen LogP contribution in [-0.4, -0.2) is 28.1 Å². The van der Waals surface area contributed by atoms with Crippen LogP contribution in [0, 0.1) is 6.92 Å². The van der Waals surface area contributed by atoms with Crippen molar-refractivity contribution in [2.45, 2.75) is 38.8 Å². The molecule has 0 saturated carbocycles. The lowest BCUT2D eigenvalue weighted by Gasteiger charge is -2.31. The maximum absolute atomic E-state index is 9.07. The quantitative estimate of drug-likeness (QED) is 0.941. The summed E-state index contributed by atoms with van der Waals surface area (Å²) < 4.78 is 0. The van der Waals surface area contributed by atoms with E-state index in [9.17, 15) is 0 Å². The Labute approximate surface area is 130 Å². The molecule has 0 unspecified atom stereocenters. The normalized spacial score (nSPS) is 17.2. The van der Waals surface area contributed by atoms with Crippen LogP contribution in [0.3, 0.4) is 0 Å². The van der Waals surface area contributed by atoms with Gasteiger partial charge >= 0.3 is 0 Å². The number of piperidine rings is 1. The second kappa shape index (κ2) is 6.69. The molecule has 112 valence electrons. The van der Waals surface area contributed by atoms with Gasteiger partial charge in [-0.15, -0.1) is 11.3 Å². The van der Waals surface area contributed by atoms with E-state index < -0.39 is 0 Å². The van der Waals surface area contributed by atoms with E-state index >= 15 is 0 Å². The Balaban J connectivity index is 1.53. The maximum atomic E-state index is 9.07. The van der Waals surface area contributed by atoms with E-state index in [0.29, 0.717) is 5.92 Å². The third-order valence-electron chi connectivity index (χ3n) is 4.19. The molecule has 4 heteroatoms. The molecule has 1 N–H and O–H groups in total. The van der Waals surface area contributed by atoms with Crippen LogP contribution < -0.4 is 0 Å². The summed E-state index contributed by atoms with van der Waals surface area (Å²) in [6.07, 6.45) is 2.42. The number of hydrogen-bond acceptors (Lipinski definition) is 4. The van der Waals surface area contributed by atoms with E-state index in [1.54, 1.807) is 0 Å². The van der Waals surface area contributed by atoms with Crippen molar-refractivity contribution < 1.29 is 5.11 Å². The molecule has 1 aromatic heterocycles. The number of benzene rings is 1. The lowest BCUT2D eigenvalue weighted by atomic mass is 9.97. The van der Waals surface area contributed by atoms with Crippen molar-refractivity contribution in [2.24, 2.45) is 0 Å². The third-order valence-corrected chi connectivity index (χ3v) is 5.31. The first-order valence-electron chi connectivity index (χ1n) is 7.57. The molecule has 0 atom stereocenters. The van der Waals surface area contributed by atoms with E-state index in [1.165, 1.54) is 23.4 Å². The van der Waals surface area contributed by atoms with Crippen LogP contribution in [0.1, 0.15) is 40.6 Å². The standard InChI is InChI=1S/C17H22N2OS/c1-13-12-21-17(18-13)16-6-8-19(9-7-16)10-14-2-4-15(11-20)5-3-14/h2-5,12,16,20H,6-11H2,1H3. The molecule has 0 spiro atoms. The summed E-state index contributed by atoms with van der Waals surface area (Å²) in [7, 11) is 0. The average Bonchev–Trinajstić information content (AvgIpc) is 2.95. The van der Waals surface area contributed by atoms with Crippen LogP contribution in [-0.2, 0) is 13.2 Å². The average molecular weight is 302 g/mol. The van der Waals surface area contributed by atoms with Gasteiger partial charge in [0.1, 0.15) is 0 Å². The topological polar surface area (TPSA) is 36.4 Å². The highest BCUT2D eigenvalue weighted by Crippen LogP contribution is 2.30. The third kappa shape index (κ3) is 3.70. The molecule has 2 aromatic rings. The van der Waals surface area contributed by atoms with Gasteiger partial charge in [0, 0.05) is 23.5 Å². The number of aliphatic hydroxyl groups is 1. The van der Waals surface area contributed by atoms with Gasteiger partial charge in [-0.25, -0.2) is 4.98 Å². The highest BCUT2D eigenvalue weighted by Gasteiger charge is 2.22. The molecule has 1 fully saturated rings. The molecule has 3 nitrogen and oxygen atoms in total. The van der Waals surface area contributed by atoms with Gasteiger partial charge in [-0.1, -0.05) is 24.3 Å². The molecule has 2 heterocycles. The highest BCUT2D eigenvalue weighted by molar-refractivity contribution is 7.09. The number of thiazole rings is 1. The minimum atomic E-state index is 0.124. The van der Waals surface area contributed by atoms with Crippen LogP contribution in [0.2, 0.25) is 0 Å². The number of aliphatic hydroxyl groups excluding tert-OH is 1. The molecule has 1 saturated heterocycles. The summed E-state index contributed by atoms with van der Waals surface area (Å²) in [6, 6.07) is 8.28. The molecule has 21 heavy (non-hydrogen) atoms. The van der Waals surface area contributed by atoms with Crippen LogP contribution in [0.4, 0.5) is 0 Å². The van der Waals surface area contributed by atoms with Crippen molar-refractivity contribution in [2.75, 3.05) is 13.1 Å². The summed E-state index contributed by atoms with van der Waals surface area (Å²) in [5.74, 6) is 0.650. The van der Waals surface area contributed by atoms with Crippen LogP contribution in [0.15, 0.2) is 29.6 Å². The molecule has 3 rings (SSSR count). The van der Waals surface area contributed by atoms with Crippen LogP contribution in [0.5, 0.6) is 0 Å². The van der Waals surface area contributed by atoms with Gasteiger partial charge in [0.2, 0.25) is 0 Å². The first-order valence-corrected chi connectivity index (χ1v) is 8.45. The van der Waals surface area contributed by atoms with Crippen molar-refractivity contribution in [3.8, 4) is 0 Å². The molecule has 0 bridgehead atoms. The molecule has 0 aliphatic carbocycles. The number of nitrogens with zero attached hydrogens (tertiary/aromatic N) is 2. The summed E-state index contributed by atoms with van der Waals surface area (Å²) >= 11 is 1.81. The Morgan fingerprint density at radius 3 is 2.43 bits per heavy atom. The molecule has 0 amide bonds. The predicted octanol–water partition coefficient (Wildman–Crippen LogP) is 3.32. The van der Waals surface area contributed by atoms with E-state index in [4.69, 9.17) is 5.11 Å². The first kappa shape index (κ1) is 14.7. The van der Waals surface area contributed by atoms with E-state index in [1.807, 2.05) is 23.5 Å². The van der Waals surface area contributed by atoms with Crippen molar-refractivity contribution in [1.82, 2.24) is 9.88 Å². The Kier molecular flexibility index (Phi) is 4.68. The lowest BCUT2D eigenvalue weighted by molar-refractivity contribution is 0.204. The minimum absolute atomic E-state index is 0.124. The number of aromatic nitrogens is 1. The fraction of sp³-hybridized carbons (Fsp3) is 0.471. The fourth-order valence-electron chi connectivity index (χ4n) is 2.91. The van der Waals surface area contributed by atoms with Gasteiger partial charge in [-0.05, 0) is 44.0 Å². The van der Waals surface area contributed by atoms with Crippen LogP contribution in [0.25, 0.3) is 0 Å². The van der Waals surface area contributed by atoms with Crippen molar-refractivity contribution in [3.05, 3.63) is 51.5 Å². The molecular weight excluding hydrogens is 280 g/mol. The fourth-order valence-corrected chi connectivity index (χ4v) is 3.87. The molecular formula is C17H22N2OS.